The summed E-state index contributed by atoms with van der Waals surface area (Å²) in [6.45, 7) is 7.61. The van der Waals surface area contributed by atoms with Crippen LogP contribution in [0.5, 0.6) is 0 Å². The predicted octanol–water partition coefficient (Wildman–Crippen LogP) is 2.74. The third-order valence-electron chi connectivity index (χ3n) is 5.19. The van der Waals surface area contributed by atoms with Gasteiger partial charge in [-0.25, -0.2) is 20.0 Å². The van der Waals surface area contributed by atoms with Crippen molar-refractivity contribution in [3.8, 4) is 0 Å². The number of hydrogen-bond donors (Lipinski definition) is 6. The number of benzene rings is 2. The molecule has 4 rings (SSSR count). The fourth-order valence-electron chi connectivity index (χ4n) is 3.73. The second-order valence-electron chi connectivity index (χ2n) is 9.30. The minimum atomic E-state index is -0.582. The average Bonchev–Trinajstić information content (AvgIpc) is 2.71. The Hall–Kier alpha value is -3.79. The zero-order chi connectivity index (χ0) is 24.3. The Morgan fingerprint density at radius 2 is 0.971 bits per heavy atom. The molecule has 8 N–H and O–H groups in total. The second-order valence-corrected chi connectivity index (χ2v) is 9.30. The molecular formula is C24H33ClN10. The van der Waals surface area contributed by atoms with Gasteiger partial charge >= 0.3 is 0 Å². The summed E-state index contributed by atoms with van der Waals surface area (Å²) in [7, 11) is 0. The Bertz CT molecular complexity index is 1070. The molecule has 0 aliphatic carbocycles. The molecule has 0 unspecified atom stereocenters. The molecule has 186 valence electrons. The quantitative estimate of drug-likeness (QED) is 0.374. The van der Waals surface area contributed by atoms with Gasteiger partial charge < -0.3 is 22.1 Å². The summed E-state index contributed by atoms with van der Waals surface area (Å²) < 4.78 is 0. The fourth-order valence-corrected chi connectivity index (χ4v) is 3.73. The number of aliphatic imine (C=N–C) groups is 4. The molecule has 2 aromatic rings. The molecule has 0 fully saturated rings. The summed E-state index contributed by atoms with van der Waals surface area (Å²) in [6.07, 6.45) is 1.88. The number of anilines is 2. The molecule has 0 amide bonds. The van der Waals surface area contributed by atoms with Gasteiger partial charge in [0, 0.05) is 11.4 Å². The van der Waals surface area contributed by atoms with Gasteiger partial charge in [-0.15, -0.1) is 12.4 Å². The monoisotopic (exact) mass is 496 g/mol. The molecule has 2 aromatic carbocycles. The summed E-state index contributed by atoms with van der Waals surface area (Å²) in [5, 5.41) is 12.4. The van der Waals surface area contributed by atoms with Gasteiger partial charge in [0.2, 0.25) is 11.9 Å². The Morgan fingerprint density at radius 1 is 0.629 bits per heavy atom. The first-order valence-corrected chi connectivity index (χ1v) is 11.2. The molecular weight excluding hydrogens is 464 g/mol. The van der Waals surface area contributed by atoms with Crippen molar-refractivity contribution in [1.82, 2.24) is 10.6 Å². The van der Waals surface area contributed by atoms with E-state index in [0.717, 1.165) is 24.2 Å². The average molecular weight is 497 g/mol. The van der Waals surface area contributed by atoms with Gasteiger partial charge in [0.1, 0.15) is 0 Å². The van der Waals surface area contributed by atoms with Gasteiger partial charge in [-0.3, -0.25) is 10.6 Å². The summed E-state index contributed by atoms with van der Waals surface area (Å²) >= 11 is 0. The molecule has 0 atom stereocenters. The number of halogens is 1. The van der Waals surface area contributed by atoms with Gasteiger partial charge in [0.05, 0.1) is 0 Å². The minimum Gasteiger partial charge on any atom is -0.370 e. The summed E-state index contributed by atoms with van der Waals surface area (Å²) in [5.74, 6) is 1.88. The Balaban J connectivity index is 0.00000342. The highest BCUT2D eigenvalue weighted by atomic mass is 35.5. The highest BCUT2D eigenvalue weighted by Crippen LogP contribution is 2.18. The Morgan fingerprint density at radius 3 is 1.29 bits per heavy atom. The van der Waals surface area contributed by atoms with Crippen molar-refractivity contribution in [1.29, 1.82) is 0 Å². The number of nitrogens with one attached hydrogen (secondary N) is 4. The van der Waals surface area contributed by atoms with E-state index in [2.05, 4.69) is 65.5 Å². The van der Waals surface area contributed by atoms with Crippen molar-refractivity contribution in [3.05, 3.63) is 59.7 Å². The highest BCUT2D eigenvalue weighted by molar-refractivity contribution is 6.06. The van der Waals surface area contributed by atoms with E-state index in [4.69, 9.17) is 11.5 Å². The van der Waals surface area contributed by atoms with Crippen LogP contribution in [0.1, 0.15) is 38.8 Å². The lowest BCUT2D eigenvalue weighted by atomic mass is 10.0. The molecule has 2 heterocycles. The highest BCUT2D eigenvalue weighted by Gasteiger charge is 2.22. The molecule has 11 heteroatoms. The van der Waals surface area contributed by atoms with Gasteiger partial charge in [0.25, 0.3) is 0 Å². The van der Waals surface area contributed by atoms with Crippen molar-refractivity contribution in [2.75, 3.05) is 10.6 Å². The third kappa shape index (κ3) is 7.35. The van der Waals surface area contributed by atoms with Crippen LogP contribution in [0.25, 0.3) is 0 Å². The molecule has 0 bridgehead atoms. The minimum absolute atomic E-state index is 0. The van der Waals surface area contributed by atoms with Crippen LogP contribution in [0.15, 0.2) is 68.5 Å². The van der Waals surface area contributed by atoms with Crippen LogP contribution in [0.4, 0.5) is 11.4 Å². The first-order valence-electron chi connectivity index (χ1n) is 11.2. The van der Waals surface area contributed by atoms with Gasteiger partial charge in [-0.1, -0.05) is 24.3 Å². The maximum Gasteiger partial charge on any atom is 0.205 e. The number of rotatable bonds is 5. The van der Waals surface area contributed by atoms with Crippen LogP contribution in [0, 0.1) is 0 Å². The number of nitrogens with two attached hydrogens (primary N) is 2. The van der Waals surface area contributed by atoms with Crippen LogP contribution >= 0.6 is 12.4 Å². The van der Waals surface area contributed by atoms with E-state index in [1.807, 2.05) is 52.0 Å². The number of hydrogen-bond acceptors (Lipinski definition) is 10. The van der Waals surface area contributed by atoms with Crippen LogP contribution in [-0.2, 0) is 12.8 Å². The van der Waals surface area contributed by atoms with E-state index in [1.54, 1.807) is 0 Å². The van der Waals surface area contributed by atoms with Crippen LogP contribution in [0.3, 0.4) is 0 Å². The lowest BCUT2D eigenvalue weighted by Gasteiger charge is -2.24. The lowest BCUT2D eigenvalue weighted by Crippen LogP contribution is -2.47. The maximum absolute atomic E-state index is 5.84. The molecule has 2 aliphatic rings. The molecule has 0 spiro atoms. The normalized spacial score (nSPS) is 17.8. The second kappa shape index (κ2) is 10.2. The van der Waals surface area contributed by atoms with Crippen molar-refractivity contribution in [2.24, 2.45) is 31.4 Å². The van der Waals surface area contributed by atoms with Crippen LogP contribution in [-0.4, -0.2) is 35.2 Å². The predicted molar refractivity (Wildman–Crippen MR) is 147 cm³/mol. The summed E-state index contributed by atoms with van der Waals surface area (Å²) in [6, 6.07) is 16.6. The van der Waals surface area contributed by atoms with Crippen molar-refractivity contribution in [2.45, 2.75) is 51.9 Å². The van der Waals surface area contributed by atoms with E-state index < -0.39 is 11.3 Å². The zero-order valence-corrected chi connectivity index (χ0v) is 21.2. The van der Waals surface area contributed by atoms with Crippen molar-refractivity contribution >= 4 is 47.6 Å². The molecule has 0 saturated carbocycles. The van der Waals surface area contributed by atoms with E-state index in [0.29, 0.717) is 23.8 Å². The molecule has 0 saturated heterocycles. The Labute approximate surface area is 211 Å². The standard InChI is InChI=1S/C24H32N10.ClH/c1-23(2)31-19(25)29-21(33-23)27-17-11-7-15(8-12-17)5-6-16-9-13-18(14-10-16)28-22-30-20(26)32-24(3,4)34-22;/h7-14H,5-6H2,1-4H3,(H4,25,27,29,31,33)(H4,26,28,30,32,34);1H. The molecule has 0 radical (unpaired) electrons. The van der Waals surface area contributed by atoms with Crippen LogP contribution < -0.4 is 32.7 Å². The molecule has 10 nitrogen and oxygen atoms in total. The molecule has 2 aliphatic heterocycles. The topological polar surface area (TPSA) is 150 Å². The largest absolute Gasteiger partial charge is 0.370 e. The maximum atomic E-state index is 5.84. The first kappa shape index (κ1) is 25.8. The number of nitrogens with zero attached hydrogens (tertiary/aromatic N) is 4. The van der Waals surface area contributed by atoms with E-state index in [9.17, 15) is 0 Å². The number of guanidine groups is 4. The smallest absolute Gasteiger partial charge is 0.205 e. The van der Waals surface area contributed by atoms with Gasteiger partial charge in [0.15, 0.2) is 23.2 Å². The number of aryl methyl sites for hydroxylation is 2. The van der Waals surface area contributed by atoms with Crippen LogP contribution in [0.2, 0.25) is 0 Å². The summed E-state index contributed by atoms with van der Waals surface area (Å²) in [5.41, 5.74) is 14.9. The van der Waals surface area contributed by atoms with Crippen molar-refractivity contribution in [3.63, 3.8) is 0 Å². The van der Waals surface area contributed by atoms with E-state index >= 15 is 0 Å². The summed E-state index contributed by atoms with van der Waals surface area (Å²) in [4.78, 5) is 17.5. The zero-order valence-electron chi connectivity index (χ0n) is 20.4. The SMILES string of the molecule is CC1(C)N=C(N)NC(Nc2ccc(CCc3ccc(NC4=NC(C)(C)N=C(N)N4)cc3)cc2)=N1.Cl. The fraction of sp³-hybridized carbons (Fsp3) is 0.333. The lowest BCUT2D eigenvalue weighted by molar-refractivity contribution is 0.540. The third-order valence-corrected chi connectivity index (χ3v) is 5.19. The van der Waals surface area contributed by atoms with Gasteiger partial charge in [-0.05, 0) is 75.9 Å². The molecule has 35 heavy (non-hydrogen) atoms. The van der Waals surface area contributed by atoms with Gasteiger partial charge in [-0.2, -0.15) is 0 Å². The van der Waals surface area contributed by atoms with E-state index in [-0.39, 0.29) is 12.4 Å². The van der Waals surface area contributed by atoms with E-state index in [1.165, 1.54) is 11.1 Å². The molecule has 0 aromatic heterocycles. The first-order chi connectivity index (χ1) is 16.1. The van der Waals surface area contributed by atoms with Crippen molar-refractivity contribution < 1.29 is 0 Å². The Kier molecular flexibility index (Phi) is 7.54.